The van der Waals surface area contributed by atoms with E-state index in [2.05, 4.69) is 61.6 Å². The summed E-state index contributed by atoms with van der Waals surface area (Å²) in [6.07, 6.45) is 4.61. The quantitative estimate of drug-likeness (QED) is 0.262. The van der Waals surface area contributed by atoms with Gasteiger partial charge in [-0.15, -0.1) is 24.0 Å². The number of nitrogens with zero attached hydrogens (tertiary/aromatic N) is 2. The van der Waals surface area contributed by atoms with Crippen LogP contribution in [0.25, 0.3) is 0 Å². The molecule has 0 spiro atoms. The van der Waals surface area contributed by atoms with Crippen molar-refractivity contribution in [2.75, 3.05) is 45.7 Å². The molecule has 0 fully saturated rings. The molecule has 6 heteroatoms. The number of rotatable bonds is 9. The largest absolute Gasteiger partial charge is 0.357 e. The van der Waals surface area contributed by atoms with Crippen LogP contribution < -0.4 is 10.6 Å². The Morgan fingerprint density at radius 1 is 1.20 bits per heavy atom. The van der Waals surface area contributed by atoms with Crippen LogP contribution in [0.2, 0.25) is 0 Å². The van der Waals surface area contributed by atoms with Crippen LogP contribution >= 0.6 is 35.7 Å². The van der Waals surface area contributed by atoms with Gasteiger partial charge in [-0.2, -0.15) is 11.8 Å². The summed E-state index contributed by atoms with van der Waals surface area (Å²) in [5.41, 5.74) is 0.0845. The Morgan fingerprint density at radius 2 is 1.85 bits per heavy atom. The first-order valence-electron chi connectivity index (χ1n) is 7.12. The molecule has 0 aromatic carbocycles. The third-order valence-corrected chi connectivity index (χ3v) is 3.94. The Labute approximate surface area is 147 Å². The molecule has 4 nitrogen and oxygen atoms in total. The number of hydrogen-bond donors (Lipinski definition) is 2. The van der Waals surface area contributed by atoms with Crippen LogP contribution in [0.15, 0.2) is 4.99 Å². The second-order valence-electron chi connectivity index (χ2n) is 5.53. The van der Waals surface area contributed by atoms with Crippen molar-refractivity contribution in [1.82, 2.24) is 15.5 Å². The van der Waals surface area contributed by atoms with Crippen molar-refractivity contribution in [2.45, 2.75) is 39.2 Å². The maximum absolute atomic E-state index is 4.67. The predicted molar refractivity (Wildman–Crippen MR) is 105 cm³/mol. The van der Waals surface area contributed by atoms with Crippen molar-refractivity contribution >= 4 is 41.7 Å². The van der Waals surface area contributed by atoms with Gasteiger partial charge in [-0.3, -0.25) is 4.99 Å². The monoisotopic (exact) mass is 416 g/mol. The highest BCUT2D eigenvalue weighted by Crippen LogP contribution is 2.09. The van der Waals surface area contributed by atoms with Gasteiger partial charge in [-0.25, -0.2) is 0 Å². The molecule has 0 aliphatic carbocycles. The van der Waals surface area contributed by atoms with E-state index in [4.69, 9.17) is 0 Å². The van der Waals surface area contributed by atoms with E-state index in [1.807, 2.05) is 11.8 Å². The minimum absolute atomic E-state index is 0. The summed E-state index contributed by atoms with van der Waals surface area (Å²) in [6.45, 7) is 9.20. The van der Waals surface area contributed by atoms with E-state index in [1.165, 1.54) is 18.6 Å². The van der Waals surface area contributed by atoms with E-state index >= 15 is 0 Å². The Hall–Kier alpha value is 0.310. The van der Waals surface area contributed by atoms with Crippen LogP contribution in [0.3, 0.4) is 0 Å². The highest BCUT2D eigenvalue weighted by atomic mass is 127. The summed E-state index contributed by atoms with van der Waals surface area (Å²) in [4.78, 5) is 6.88. The minimum Gasteiger partial charge on any atom is -0.357 e. The number of aliphatic imine (C=N–C) groups is 1. The molecular weight excluding hydrogens is 383 g/mol. The summed E-state index contributed by atoms with van der Waals surface area (Å²) in [6, 6.07) is 0. The molecule has 0 heterocycles. The molecule has 0 amide bonds. The lowest BCUT2D eigenvalue weighted by molar-refractivity contribution is 0.204. The fourth-order valence-corrected chi connectivity index (χ4v) is 1.83. The second kappa shape index (κ2) is 13.0. The molecule has 0 rings (SSSR count). The third-order valence-electron chi connectivity index (χ3n) is 3.25. The van der Waals surface area contributed by atoms with Crippen LogP contribution in [0, 0.1) is 0 Å². The lowest BCUT2D eigenvalue weighted by Gasteiger charge is -2.31. The zero-order valence-corrected chi connectivity index (χ0v) is 17.1. The molecule has 0 radical (unpaired) electrons. The third kappa shape index (κ3) is 11.0. The van der Waals surface area contributed by atoms with Gasteiger partial charge < -0.3 is 15.5 Å². The Bertz CT molecular complexity index is 258. The molecule has 0 aliphatic rings. The Balaban J connectivity index is 0. The molecule has 20 heavy (non-hydrogen) atoms. The summed E-state index contributed by atoms with van der Waals surface area (Å²) in [5.74, 6) is 2.17. The molecule has 0 aromatic heterocycles. The van der Waals surface area contributed by atoms with Crippen molar-refractivity contribution in [1.29, 1.82) is 0 Å². The van der Waals surface area contributed by atoms with Crippen molar-refractivity contribution in [3.05, 3.63) is 0 Å². The zero-order valence-electron chi connectivity index (χ0n) is 14.0. The van der Waals surface area contributed by atoms with E-state index in [9.17, 15) is 0 Å². The predicted octanol–water partition coefficient (Wildman–Crippen LogP) is 2.64. The van der Waals surface area contributed by atoms with Gasteiger partial charge in [0.2, 0.25) is 0 Å². The van der Waals surface area contributed by atoms with Crippen LogP contribution in [0.5, 0.6) is 0 Å². The summed E-state index contributed by atoms with van der Waals surface area (Å²) >= 11 is 1.91. The SMILES string of the molecule is CCNC(=NCC(C)(C)N(C)C)NCCCCSC.I. The van der Waals surface area contributed by atoms with Gasteiger partial charge >= 0.3 is 0 Å². The first kappa shape index (κ1) is 22.6. The Kier molecular flexibility index (Phi) is 14.7. The smallest absolute Gasteiger partial charge is 0.191 e. The van der Waals surface area contributed by atoms with Gasteiger partial charge in [0, 0.05) is 18.6 Å². The molecule has 0 saturated carbocycles. The van der Waals surface area contributed by atoms with Crippen LogP contribution in [-0.2, 0) is 0 Å². The molecule has 2 N–H and O–H groups in total. The molecule has 0 saturated heterocycles. The maximum Gasteiger partial charge on any atom is 0.191 e. The Morgan fingerprint density at radius 3 is 2.35 bits per heavy atom. The highest BCUT2D eigenvalue weighted by Gasteiger charge is 2.19. The first-order chi connectivity index (χ1) is 8.94. The number of hydrogen-bond acceptors (Lipinski definition) is 3. The number of unbranched alkanes of at least 4 members (excludes halogenated alkanes) is 1. The average Bonchev–Trinajstić information content (AvgIpc) is 2.35. The fraction of sp³-hybridized carbons (Fsp3) is 0.929. The highest BCUT2D eigenvalue weighted by molar-refractivity contribution is 14.0. The lowest BCUT2D eigenvalue weighted by atomic mass is 10.1. The second-order valence-corrected chi connectivity index (χ2v) is 6.51. The molecular formula is C14H33IN4S. The zero-order chi connectivity index (χ0) is 14.7. The van der Waals surface area contributed by atoms with Gasteiger partial charge in [0.25, 0.3) is 0 Å². The topological polar surface area (TPSA) is 39.7 Å². The normalized spacial score (nSPS) is 12.2. The lowest BCUT2D eigenvalue weighted by Crippen LogP contribution is -2.43. The number of guanidine groups is 1. The maximum atomic E-state index is 4.67. The minimum atomic E-state index is 0. The standard InChI is InChI=1S/C14H32N4S.HI/c1-7-15-13(16-10-8-9-11-19-6)17-12-14(2,3)18(4)5;/h7-12H2,1-6H3,(H2,15,16,17);1H. The summed E-state index contributed by atoms with van der Waals surface area (Å²) in [5, 5.41) is 6.70. The van der Waals surface area contributed by atoms with E-state index in [1.54, 1.807) is 0 Å². The van der Waals surface area contributed by atoms with E-state index < -0.39 is 0 Å². The van der Waals surface area contributed by atoms with Crippen LogP contribution in [0.4, 0.5) is 0 Å². The summed E-state index contributed by atoms with van der Waals surface area (Å²) < 4.78 is 0. The fourth-order valence-electron chi connectivity index (χ4n) is 1.33. The van der Waals surface area contributed by atoms with Crippen molar-refractivity contribution < 1.29 is 0 Å². The number of thioether (sulfide) groups is 1. The molecule has 0 unspecified atom stereocenters. The number of halogens is 1. The average molecular weight is 416 g/mol. The molecule has 0 aliphatic heterocycles. The van der Waals surface area contributed by atoms with E-state index in [-0.39, 0.29) is 29.5 Å². The summed E-state index contributed by atoms with van der Waals surface area (Å²) in [7, 11) is 4.19. The molecule has 122 valence electrons. The number of likely N-dealkylation sites (N-methyl/N-ethyl adjacent to an activating group) is 1. The van der Waals surface area contributed by atoms with Crippen molar-refractivity contribution in [3.8, 4) is 0 Å². The first-order valence-corrected chi connectivity index (χ1v) is 8.52. The van der Waals surface area contributed by atoms with Crippen LogP contribution in [0.1, 0.15) is 33.6 Å². The molecule has 0 atom stereocenters. The number of nitrogens with one attached hydrogen (secondary N) is 2. The van der Waals surface area contributed by atoms with E-state index in [0.29, 0.717) is 0 Å². The van der Waals surface area contributed by atoms with Gasteiger partial charge in [0.1, 0.15) is 0 Å². The van der Waals surface area contributed by atoms with Crippen molar-refractivity contribution in [3.63, 3.8) is 0 Å². The van der Waals surface area contributed by atoms with E-state index in [0.717, 1.165) is 25.6 Å². The van der Waals surface area contributed by atoms with Gasteiger partial charge in [-0.1, -0.05) is 0 Å². The van der Waals surface area contributed by atoms with Gasteiger partial charge in [0.15, 0.2) is 5.96 Å². The van der Waals surface area contributed by atoms with Crippen molar-refractivity contribution in [2.24, 2.45) is 4.99 Å². The van der Waals surface area contributed by atoms with Gasteiger partial charge in [0.05, 0.1) is 6.54 Å². The van der Waals surface area contributed by atoms with Crippen LogP contribution in [-0.4, -0.2) is 62.1 Å². The van der Waals surface area contributed by atoms with Gasteiger partial charge in [-0.05, 0) is 59.7 Å². The molecule has 0 aromatic rings. The molecule has 0 bridgehead atoms.